The van der Waals surface area contributed by atoms with Gasteiger partial charge in [0, 0.05) is 32.8 Å². The van der Waals surface area contributed by atoms with E-state index >= 15 is 0 Å². The molecular formula is C17H24IN9O. The van der Waals surface area contributed by atoms with Crippen LogP contribution in [0.15, 0.2) is 29.4 Å². The Bertz CT molecular complexity index is 951. The minimum atomic E-state index is 0. The zero-order valence-electron chi connectivity index (χ0n) is 15.9. The molecule has 0 fully saturated rings. The molecule has 11 heteroatoms. The third-order valence-electron chi connectivity index (χ3n) is 4.54. The van der Waals surface area contributed by atoms with Crippen LogP contribution in [0.4, 0.5) is 0 Å². The van der Waals surface area contributed by atoms with Gasteiger partial charge >= 0.3 is 0 Å². The molecule has 0 saturated heterocycles. The van der Waals surface area contributed by atoms with Crippen LogP contribution in [0.1, 0.15) is 23.9 Å². The first-order chi connectivity index (χ1) is 13.3. The van der Waals surface area contributed by atoms with E-state index in [1.807, 2.05) is 33.5 Å². The number of nitrogens with zero attached hydrogens (tertiary/aromatic N) is 7. The third-order valence-corrected chi connectivity index (χ3v) is 4.54. The van der Waals surface area contributed by atoms with E-state index in [2.05, 4.69) is 35.9 Å². The number of ether oxygens (including phenoxy) is 1. The highest BCUT2D eigenvalue weighted by molar-refractivity contribution is 14.0. The molecule has 0 aromatic carbocycles. The first-order valence-corrected chi connectivity index (χ1v) is 8.94. The van der Waals surface area contributed by atoms with Gasteiger partial charge < -0.3 is 15.4 Å². The number of aryl methyl sites for hydroxylation is 1. The Labute approximate surface area is 179 Å². The van der Waals surface area contributed by atoms with Crippen LogP contribution in [0.3, 0.4) is 0 Å². The molecule has 3 aromatic rings. The van der Waals surface area contributed by atoms with Gasteiger partial charge in [0.2, 0.25) is 0 Å². The number of fused-ring (bicyclic) bond motifs is 2. The summed E-state index contributed by atoms with van der Waals surface area (Å²) < 4.78 is 9.03. The Morgan fingerprint density at radius 3 is 3.07 bits per heavy atom. The standard InChI is InChI=1S/C17H23N9O.HI/c1-18-17(19-9-16-23-22-15-5-3-4-8-25(15)16)20-12-6-7-14-21-13(11-27-2)24-26(14)10-12;/h3-5,8,12H,6-7,9-11H2,1-2H3,(H2,18,19,20);1H. The zero-order valence-corrected chi connectivity index (χ0v) is 18.2. The van der Waals surface area contributed by atoms with Crippen LogP contribution < -0.4 is 10.6 Å². The van der Waals surface area contributed by atoms with Gasteiger partial charge in [0.25, 0.3) is 0 Å². The fourth-order valence-electron chi connectivity index (χ4n) is 3.23. The van der Waals surface area contributed by atoms with Crippen molar-refractivity contribution in [2.24, 2.45) is 4.99 Å². The van der Waals surface area contributed by atoms with Gasteiger partial charge in [-0.3, -0.25) is 9.39 Å². The Kier molecular flexibility index (Phi) is 6.78. The fraction of sp³-hybridized carbons (Fsp3) is 0.471. The first-order valence-electron chi connectivity index (χ1n) is 8.94. The summed E-state index contributed by atoms with van der Waals surface area (Å²) in [5.74, 6) is 3.31. The normalized spacial score (nSPS) is 16.5. The molecule has 0 bridgehead atoms. The second-order valence-electron chi connectivity index (χ2n) is 6.41. The summed E-state index contributed by atoms with van der Waals surface area (Å²) in [6, 6.07) is 6.07. The van der Waals surface area contributed by atoms with E-state index in [9.17, 15) is 0 Å². The van der Waals surface area contributed by atoms with E-state index in [0.717, 1.165) is 48.5 Å². The van der Waals surface area contributed by atoms with Crippen molar-refractivity contribution in [3.63, 3.8) is 0 Å². The molecule has 1 atom stereocenters. The number of pyridine rings is 1. The zero-order chi connectivity index (χ0) is 18.6. The van der Waals surface area contributed by atoms with E-state index in [1.54, 1.807) is 14.2 Å². The van der Waals surface area contributed by atoms with E-state index in [4.69, 9.17) is 4.74 Å². The van der Waals surface area contributed by atoms with Crippen LogP contribution in [0.25, 0.3) is 5.65 Å². The lowest BCUT2D eigenvalue weighted by molar-refractivity contribution is 0.177. The summed E-state index contributed by atoms with van der Waals surface area (Å²) in [6.07, 6.45) is 3.80. The molecule has 0 amide bonds. The minimum absolute atomic E-state index is 0. The number of rotatable bonds is 5. The van der Waals surface area contributed by atoms with Crippen molar-refractivity contribution in [1.82, 2.24) is 40.0 Å². The lowest BCUT2D eigenvalue weighted by atomic mass is 10.1. The van der Waals surface area contributed by atoms with Crippen molar-refractivity contribution in [2.75, 3.05) is 14.2 Å². The number of halogens is 1. The van der Waals surface area contributed by atoms with Crippen LogP contribution in [-0.4, -0.2) is 55.5 Å². The number of nitrogens with one attached hydrogen (secondary N) is 2. The van der Waals surface area contributed by atoms with Gasteiger partial charge in [-0.05, 0) is 18.6 Å². The molecule has 2 N–H and O–H groups in total. The molecule has 0 spiro atoms. The molecular weight excluding hydrogens is 473 g/mol. The highest BCUT2D eigenvalue weighted by Gasteiger charge is 2.22. The number of methoxy groups -OCH3 is 1. The number of hydrogen-bond acceptors (Lipinski definition) is 6. The van der Waals surface area contributed by atoms with Gasteiger partial charge in [0.15, 0.2) is 23.3 Å². The highest BCUT2D eigenvalue weighted by Crippen LogP contribution is 2.13. The number of aromatic nitrogens is 6. The topological polar surface area (TPSA) is 107 Å². The second kappa shape index (κ2) is 9.28. The molecule has 28 heavy (non-hydrogen) atoms. The minimum Gasteiger partial charge on any atom is -0.377 e. The summed E-state index contributed by atoms with van der Waals surface area (Å²) in [5.41, 5.74) is 0.829. The van der Waals surface area contributed by atoms with Crippen LogP contribution in [0.2, 0.25) is 0 Å². The van der Waals surface area contributed by atoms with E-state index in [0.29, 0.717) is 13.2 Å². The van der Waals surface area contributed by atoms with Gasteiger partial charge in [-0.1, -0.05) is 6.07 Å². The van der Waals surface area contributed by atoms with Crippen LogP contribution in [0, 0.1) is 0 Å². The number of hydrogen-bond donors (Lipinski definition) is 2. The number of aliphatic imine (C=N–C) groups is 1. The molecule has 0 aliphatic carbocycles. The first kappa shape index (κ1) is 20.5. The SMILES string of the molecule is CN=C(NCc1nnc2ccccn12)NC1CCc2nc(COC)nn2C1.I. The van der Waals surface area contributed by atoms with Crippen molar-refractivity contribution >= 4 is 35.6 Å². The Morgan fingerprint density at radius 1 is 1.36 bits per heavy atom. The molecule has 3 aromatic heterocycles. The average Bonchev–Trinajstić information content (AvgIpc) is 3.28. The molecule has 4 heterocycles. The third kappa shape index (κ3) is 4.41. The molecule has 10 nitrogen and oxygen atoms in total. The van der Waals surface area contributed by atoms with Crippen molar-refractivity contribution in [2.45, 2.75) is 38.6 Å². The van der Waals surface area contributed by atoms with Crippen molar-refractivity contribution in [3.05, 3.63) is 41.9 Å². The van der Waals surface area contributed by atoms with Gasteiger partial charge in [0.05, 0.1) is 13.1 Å². The molecule has 1 aliphatic heterocycles. The molecule has 4 rings (SSSR count). The summed E-state index contributed by atoms with van der Waals surface area (Å²) in [6.45, 7) is 1.72. The maximum atomic E-state index is 5.12. The van der Waals surface area contributed by atoms with Crippen molar-refractivity contribution in [1.29, 1.82) is 0 Å². The molecule has 1 unspecified atom stereocenters. The second-order valence-corrected chi connectivity index (χ2v) is 6.41. The lowest BCUT2D eigenvalue weighted by Crippen LogP contribution is -2.47. The largest absolute Gasteiger partial charge is 0.377 e. The predicted octanol–water partition coefficient (Wildman–Crippen LogP) is 0.765. The van der Waals surface area contributed by atoms with E-state index < -0.39 is 0 Å². The maximum Gasteiger partial charge on any atom is 0.191 e. The average molecular weight is 497 g/mol. The highest BCUT2D eigenvalue weighted by atomic mass is 127. The van der Waals surface area contributed by atoms with Crippen LogP contribution in [-0.2, 0) is 30.9 Å². The van der Waals surface area contributed by atoms with Crippen molar-refractivity contribution in [3.8, 4) is 0 Å². The molecule has 150 valence electrons. The Balaban J connectivity index is 0.00000225. The van der Waals surface area contributed by atoms with Crippen molar-refractivity contribution < 1.29 is 4.74 Å². The molecule has 0 saturated carbocycles. The van der Waals surface area contributed by atoms with Gasteiger partial charge in [-0.2, -0.15) is 5.10 Å². The summed E-state index contributed by atoms with van der Waals surface area (Å²) in [4.78, 5) is 8.83. The van der Waals surface area contributed by atoms with Gasteiger partial charge in [-0.15, -0.1) is 34.2 Å². The van der Waals surface area contributed by atoms with Crippen LogP contribution in [0.5, 0.6) is 0 Å². The van der Waals surface area contributed by atoms with Gasteiger partial charge in [0.1, 0.15) is 12.4 Å². The number of guanidine groups is 1. The van der Waals surface area contributed by atoms with Crippen LogP contribution >= 0.6 is 24.0 Å². The van der Waals surface area contributed by atoms with E-state index in [1.165, 1.54) is 0 Å². The monoisotopic (exact) mass is 497 g/mol. The quantitative estimate of drug-likeness (QED) is 0.305. The summed E-state index contributed by atoms with van der Waals surface area (Å²) in [7, 11) is 3.41. The van der Waals surface area contributed by atoms with Gasteiger partial charge in [-0.25, -0.2) is 9.67 Å². The maximum absolute atomic E-state index is 5.12. The fourth-order valence-corrected chi connectivity index (χ4v) is 3.23. The Hall–Kier alpha value is -2.28. The Morgan fingerprint density at radius 2 is 2.25 bits per heavy atom. The smallest absolute Gasteiger partial charge is 0.191 e. The predicted molar refractivity (Wildman–Crippen MR) is 115 cm³/mol. The molecule has 0 radical (unpaired) electrons. The van der Waals surface area contributed by atoms with E-state index in [-0.39, 0.29) is 30.0 Å². The summed E-state index contributed by atoms with van der Waals surface area (Å²) >= 11 is 0. The summed E-state index contributed by atoms with van der Waals surface area (Å²) in [5, 5.41) is 19.7. The lowest BCUT2D eigenvalue weighted by Gasteiger charge is -2.25. The molecule has 1 aliphatic rings.